The number of hydrogen-bond acceptors (Lipinski definition) is 3. The zero-order chi connectivity index (χ0) is 12.8. The van der Waals surface area contributed by atoms with Gasteiger partial charge in [-0.15, -0.1) is 0 Å². The van der Waals surface area contributed by atoms with Gasteiger partial charge in [-0.25, -0.2) is 0 Å². The van der Waals surface area contributed by atoms with E-state index in [1.807, 2.05) is 6.92 Å². The maximum atomic E-state index is 5.81. The van der Waals surface area contributed by atoms with Crippen LogP contribution >= 0.6 is 0 Å². The van der Waals surface area contributed by atoms with E-state index in [-0.39, 0.29) is 12.1 Å². The zero-order valence-corrected chi connectivity index (χ0v) is 11.2. The maximum absolute atomic E-state index is 5.81. The fraction of sp³-hybridized carbons (Fsp3) is 0.571. The van der Waals surface area contributed by atoms with Crippen LogP contribution in [0.1, 0.15) is 37.9 Å². The number of nitrogens with one attached hydrogen (secondary N) is 1. The monoisotopic (exact) mass is 236 g/mol. The molecule has 0 bridgehead atoms. The van der Waals surface area contributed by atoms with Gasteiger partial charge in [-0.05, 0) is 25.3 Å². The lowest BCUT2D eigenvalue weighted by atomic mass is 9.93. The van der Waals surface area contributed by atoms with E-state index in [0.29, 0.717) is 12.5 Å². The molecular formula is C14H24N2O. The maximum Gasteiger partial charge on any atom is 0.0805 e. The minimum atomic E-state index is 0.0369. The molecule has 96 valence electrons. The Balaban J connectivity index is 2.95. The van der Waals surface area contributed by atoms with E-state index in [2.05, 4.69) is 50.5 Å². The van der Waals surface area contributed by atoms with E-state index < -0.39 is 0 Å². The molecule has 0 saturated heterocycles. The van der Waals surface area contributed by atoms with Gasteiger partial charge in [0.2, 0.25) is 0 Å². The molecule has 2 unspecified atom stereocenters. The zero-order valence-electron chi connectivity index (χ0n) is 11.2. The van der Waals surface area contributed by atoms with Crippen molar-refractivity contribution in [1.29, 1.82) is 0 Å². The van der Waals surface area contributed by atoms with Crippen molar-refractivity contribution >= 4 is 0 Å². The lowest BCUT2D eigenvalue weighted by Crippen LogP contribution is -2.40. The quantitative estimate of drug-likeness (QED) is 0.589. The Labute approximate surface area is 104 Å². The third kappa shape index (κ3) is 3.80. The van der Waals surface area contributed by atoms with Crippen LogP contribution in [-0.2, 0) is 4.74 Å². The standard InChI is InChI=1S/C14H24N2O/c1-5-17-14(10(2)3)13(16-15)12-8-6-7-11(4)9-12/h6-10,13-14,16H,5,15H2,1-4H3. The van der Waals surface area contributed by atoms with E-state index >= 15 is 0 Å². The summed E-state index contributed by atoms with van der Waals surface area (Å²) in [4.78, 5) is 0. The normalized spacial score (nSPS) is 14.9. The summed E-state index contributed by atoms with van der Waals surface area (Å²) in [6.07, 6.45) is 0.0896. The van der Waals surface area contributed by atoms with Gasteiger partial charge in [0.25, 0.3) is 0 Å². The van der Waals surface area contributed by atoms with Crippen LogP contribution < -0.4 is 11.3 Å². The molecule has 3 nitrogen and oxygen atoms in total. The minimum absolute atomic E-state index is 0.0369. The van der Waals surface area contributed by atoms with Crippen molar-refractivity contribution in [3.05, 3.63) is 35.4 Å². The molecule has 0 aliphatic heterocycles. The van der Waals surface area contributed by atoms with Gasteiger partial charge in [-0.3, -0.25) is 11.3 Å². The molecule has 0 saturated carbocycles. The third-order valence-corrected chi connectivity index (χ3v) is 2.93. The second kappa shape index (κ2) is 6.74. The molecule has 3 heteroatoms. The Morgan fingerprint density at radius 1 is 1.35 bits per heavy atom. The smallest absolute Gasteiger partial charge is 0.0805 e. The molecule has 1 aromatic rings. The van der Waals surface area contributed by atoms with Crippen LogP contribution in [-0.4, -0.2) is 12.7 Å². The van der Waals surface area contributed by atoms with Crippen LogP contribution in [0.15, 0.2) is 24.3 Å². The number of aryl methyl sites for hydroxylation is 1. The van der Waals surface area contributed by atoms with E-state index in [9.17, 15) is 0 Å². The number of hydrogen-bond donors (Lipinski definition) is 2. The SMILES string of the molecule is CCOC(C(C)C)C(NN)c1cccc(C)c1. The van der Waals surface area contributed by atoms with Crippen molar-refractivity contribution in [2.75, 3.05) is 6.61 Å². The summed E-state index contributed by atoms with van der Waals surface area (Å²) in [6, 6.07) is 8.42. The van der Waals surface area contributed by atoms with Gasteiger partial charge >= 0.3 is 0 Å². The van der Waals surface area contributed by atoms with Gasteiger partial charge in [0.15, 0.2) is 0 Å². The fourth-order valence-corrected chi connectivity index (χ4v) is 2.11. The topological polar surface area (TPSA) is 47.3 Å². The summed E-state index contributed by atoms with van der Waals surface area (Å²) in [5, 5.41) is 0. The van der Waals surface area contributed by atoms with E-state index in [4.69, 9.17) is 10.6 Å². The van der Waals surface area contributed by atoms with Crippen LogP contribution in [0.4, 0.5) is 0 Å². The summed E-state index contributed by atoms with van der Waals surface area (Å²) in [7, 11) is 0. The van der Waals surface area contributed by atoms with Gasteiger partial charge < -0.3 is 4.74 Å². The lowest BCUT2D eigenvalue weighted by molar-refractivity contribution is 0.00276. The Kier molecular flexibility index (Phi) is 5.62. The molecule has 3 N–H and O–H groups in total. The predicted octanol–water partition coefficient (Wildman–Crippen LogP) is 2.56. The number of hydrazine groups is 1. The first-order valence-electron chi connectivity index (χ1n) is 6.24. The summed E-state index contributed by atoms with van der Waals surface area (Å²) >= 11 is 0. The Bertz CT molecular complexity index is 339. The number of nitrogens with two attached hydrogens (primary N) is 1. The third-order valence-electron chi connectivity index (χ3n) is 2.93. The summed E-state index contributed by atoms with van der Waals surface area (Å²) in [5.74, 6) is 6.11. The summed E-state index contributed by atoms with van der Waals surface area (Å²) in [5.41, 5.74) is 5.30. The largest absolute Gasteiger partial charge is 0.376 e. The second-order valence-corrected chi connectivity index (χ2v) is 4.72. The molecule has 0 aliphatic carbocycles. The fourth-order valence-electron chi connectivity index (χ4n) is 2.11. The summed E-state index contributed by atoms with van der Waals surface area (Å²) in [6.45, 7) is 9.11. The first-order chi connectivity index (χ1) is 8.10. The number of rotatable bonds is 6. The summed E-state index contributed by atoms with van der Waals surface area (Å²) < 4.78 is 5.81. The van der Waals surface area contributed by atoms with E-state index in [0.717, 1.165) is 0 Å². The molecule has 0 aromatic heterocycles. The lowest BCUT2D eigenvalue weighted by Gasteiger charge is -2.30. The molecule has 0 spiro atoms. The second-order valence-electron chi connectivity index (χ2n) is 4.72. The molecule has 0 radical (unpaired) electrons. The van der Waals surface area contributed by atoms with Crippen LogP contribution in [0.3, 0.4) is 0 Å². The van der Waals surface area contributed by atoms with Gasteiger partial charge in [-0.2, -0.15) is 0 Å². The van der Waals surface area contributed by atoms with Crippen LogP contribution in [0.2, 0.25) is 0 Å². The highest BCUT2D eigenvalue weighted by Crippen LogP contribution is 2.24. The van der Waals surface area contributed by atoms with Crippen molar-refractivity contribution in [2.24, 2.45) is 11.8 Å². The van der Waals surface area contributed by atoms with Crippen molar-refractivity contribution < 1.29 is 4.74 Å². The Morgan fingerprint density at radius 2 is 2.06 bits per heavy atom. The molecule has 0 heterocycles. The molecule has 17 heavy (non-hydrogen) atoms. The first-order valence-corrected chi connectivity index (χ1v) is 6.24. The molecule has 1 rings (SSSR count). The van der Waals surface area contributed by atoms with Crippen LogP contribution in [0.25, 0.3) is 0 Å². The number of ether oxygens (including phenoxy) is 1. The van der Waals surface area contributed by atoms with Crippen molar-refractivity contribution in [1.82, 2.24) is 5.43 Å². The highest BCUT2D eigenvalue weighted by molar-refractivity contribution is 5.26. The molecule has 0 fully saturated rings. The molecular weight excluding hydrogens is 212 g/mol. The van der Waals surface area contributed by atoms with Gasteiger partial charge in [-0.1, -0.05) is 43.7 Å². The highest BCUT2D eigenvalue weighted by Gasteiger charge is 2.25. The van der Waals surface area contributed by atoms with E-state index in [1.54, 1.807) is 0 Å². The Hall–Kier alpha value is -0.900. The molecule has 0 amide bonds. The number of benzene rings is 1. The van der Waals surface area contributed by atoms with E-state index in [1.165, 1.54) is 11.1 Å². The molecule has 0 aliphatic rings. The minimum Gasteiger partial charge on any atom is -0.376 e. The van der Waals surface area contributed by atoms with Crippen LogP contribution in [0, 0.1) is 12.8 Å². The van der Waals surface area contributed by atoms with Gasteiger partial charge in [0.1, 0.15) is 0 Å². The van der Waals surface area contributed by atoms with Crippen molar-refractivity contribution in [3.63, 3.8) is 0 Å². The molecule has 2 atom stereocenters. The van der Waals surface area contributed by atoms with Gasteiger partial charge in [0.05, 0.1) is 12.1 Å². The van der Waals surface area contributed by atoms with Crippen molar-refractivity contribution in [2.45, 2.75) is 39.8 Å². The van der Waals surface area contributed by atoms with Crippen molar-refractivity contribution in [3.8, 4) is 0 Å². The molecule has 1 aromatic carbocycles. The predicted molar refractivity (Wildman–Crippen MR) is 71.5 cm³/mol. The first kappa shape index (κ1) is 14.2. The van der Waals surface area contributed by atoms with Crippen LogP contribution in [0.5, 0.6) is 0 Å². The average molecular weight is 236 g/mol. The Morgan fingerprint density at radius 3 is 2.53 bits per heavy atom. The van der Waals surface area contributed by atoms with Gasteiger partial charge in [0, 0.05) is 6.61 Å². The highest BCUT2D eigenvalue weighted by atomic mass is 16.5. The average Bonchev–Trinajstić information content (AvgIpc) is 2.29.